The van der Waals surface area contributed by atoms with Crippen molar-refractivity contribution in [2.24, 2.45) is 4.99 Å². The van der Waals surface area contributed by atoms with Gasteiger partial charge in [0, 0.05) is 49.4 Å². The number of rotatable bonds is 6. The molecule has 0 fully saturated rings. The summed E-state index contributed by atoms with van der Waals surface area (Å²) < 4.78 is 37.4. The second kappa shape index (κ2) is 8.43. The molecule has 2 aromatic heterocycles. The first-order chi connectivity index (χ1) is 11.4. The number of guanidine groups is 1. The second-order valence-electron chi connectivity index (χ2n) is 4.91. The van der Waals surface area contributed by atoms with E-state index in [0.29, 0.717) is 30.5 Å². The van der Waals surface area contributed by atoms with Crippen LogP contribution in [0, 0.1) is 6.92 Å². The second-order valence-corrected chi connectivity index (χ2v) is 7.18. The van der Waals surface area contributed by atoms with Crippen LogP contribution >= 0.6 is 22.7 Å². The molecule has 0 radical (unpaired) electrons. The van der Waals surface area contributed by atoms with Gasteiger partial charge in [-0.05, 0) is 6.92 Å². The van der Waals surface area contributed by atoms with E-state index in [1.807, 2.05) is 13.1 Å². The number of aryl methyl sites for hydroxylation is 1. The van der Waals surface area contributed by atoms with E-state index in [4.69, 9.17) is 0 Å². The van der Waals surface area contributed by atoms with Crippen molar-refractivity contribution in [2.45, 2.75) is 25.9 Å². The van der Waals surface area contributed by atoms with Crippen LogP contribution in [-0.2, 0) is 19.0 Å². The maximum atomic E-state index is 12.5. The third-order valence-electron chi connectivity index (χ3n) is 3.00. The van der Waals surface area contributed by atoms with Crippen LogP contribution in [0.4, 0.5) is 13.2 Å². The maximum absolute atomic E-state index is 12.5. The SMILES string of the molecule is CN=C(NCCc1nc(C(F)(F)F)cs1)NCCc1ncc(C)s1. The Morgan fingerprint density at radius 1 is 1.21 bits per heavy atom. The normalized spacial score (nSPS) is 12.5. The molecule has 24 heavy (non-hydrogen) atoms. The van der Waals surface area contributed by atoms with Gasteiger partial charge in [0.1, 0.15) is 0 Å². The number of alkyl halides is 3. The lowest BCUT2D eigenvalue weighted by atomic mass is 10.4. The molecule has 0 saturated heterocycles. The highest BCUT2D eigenvalue weighted by Gasteiger charge is 2.33. The van der Waals surface area contributed by atoms with E-state index in [1.54, 1.807) is 18.4 Å². The lowest BCUT2D eigenvalue weighted by Crippen LogP contribution is -2.39. The van der Waals surface area contributed by atoms with E-state index in [1.165, 1.54) is 4.88 Å². The molecule has 0 aromatic carbocycles. The number of hydrogen-bond donors (Lipinski definition) is 2. The summed E-state index contributed by atoms with van der Waals surface area (Å²) in [6.07, 6.45) is -1.34. The fourth-order valence-electron chi connectivity index (χ4n) is 1.87. The van der Waals surface area contributed by atoms with Crippen LogP contribution in [0.15, 0.2) is 16.6 Å². The molecule has 0 aliphatic carbocycles. The third kappa shape index (κ3) is 5.75. The molecule has 0 unspecified atom stereocenters. The molecule has 0 aliphatic rings. The van der Waals surface area contributed by atoms with Gasteiger partial charge in [-0.3, -0.25) is 4.99 Å². The van der Waals surface area contributed by atoms with Crippen molar-refractivity contribution in [2.75, 3.05) is 20.1 Å². The molecule has 0 saturated carbocycles. The van der Waals surface area contributed by atoms with Gasteiger partial charge >= 0.3 is 6.18 Å². The van der Waals surface area contributed by atoms with Gasteiger partial charge in [-0.15, -0.1) is 22.7 Å². The quantitative estimate of drug-likeness (QED) is 0.600. The number of nitrogens with zero attached hydrogens (tertiary/aromatic N) is 3. The smallest absolute Gasteiger partial charge is 0.356 e. The molecule has 2 aromatic rings. The van der Waals surface area contributed by atoms with Crippen molar-refractivity contribution in [1.82, 2.24) is 20.6 Å². The zero-order valence-corrected chi connectivity index (χ0v) is 14.9. The van der Waals surface area contributed by atoms with Crippen LogP contribution in [0.25, 0.3) is 0 Å². The Labute approximate surface area is 146 Å². The van der Waals surface area contributed by atoms with Gasteiger partial charge in [-0.25, -0.2) is 9.97 Å². The van der Waals surface area contributed by atoms with Gasteiger partial charge in [0.25, 0.3) is 0 Å². The zero-order valence-electron chi connectivity index (χ0n) is 13.3. The Kier molecular flexibility index (Phi) is 6.55. The molecular weight excluding hydrogens is 359 g/mol. The van der Waals surface area contributed by atoms with Crippen molar-refractivity contribution in [3.63, 3.8) is 0 Å². The first kappa shape index (κ1) is 18.7. The first-order valence-electron chi connectivity index (χ1n) is 7.26. The molecule has 2 rings (SSSR count). The summed E-state index contributed by atoms with van der Waals surface area (Å²) in [6, 6.07) is 0. The first-order valence-corrected chi connectivity index (χ1v) is 8.95. The maximum Gasteiger partial charge on any atom is 0.434 e. The number of nitrogens with one attached hydrogen (secondary N) is 2. The lowest BCUT2D eigenvalue weighted by molar-refractivity contribution is -0.140. The van der Waals surface area contributed by atoms with Crippen LogP contribution in [0.5, 0.6) is 0 Å². The molecular formula is C14H18F3N5S2. The summed E-state index contributed by atoms with van der Waals surface area (Å²) in [4.78, 5) is 13.1. The van der Waals surface area contributed by atoms with Crippen molar-refractivity contribution in [1.29, 1.82) is 0 Å². The number of aromatic nitrogens is 2. The lowest BCUT2D eigenvalue weighted by Gasteiger charge is -2.10. The minimum Gasteiger partial charge on any atom is -0.356 e. The summed E-state index contributed by atoms with van der Waals surface area (Å²) in [5.74, 6) is 0.607. The third-order valence-corrected chi connectivity index (χ3v) is 4.88. The number of halogens is 3. The van der Waals surface area contributed by atoms with Gasteiger partial charge in [0.05, 0.1) is 10.0 Å². The predicted octanol–water partition coefficient (Wildman–Crippen LogP) is 2.88. The Morgan fingerprint density at radius 2 is 1.88 bits per heavy atom. The summed E-state index contributed by atoms with van der Waals surface area (Å²) in [7, 11) is 1.65. The number of hydrogen-bond acceptors (Lipinski definition) is 5. The van der Waals surface area contributed by atoms with E-state index in [2.05, 4.69) is 25.6 Å². The predicted molar refractivity (Wildman–Crippen MR) is 90.7 cm³/mol. The molecule has 2 heterocycles. The van der Waals surface area contributed by atoms with Crippen LogP contribution in [0.3, 0.4) is 0 Å². The summed E-state index contributed by atoms with van der Waals surface area (Å²) in [6.45, 7) is 3.15. The highest BCUT2D eigenvalue weighted by atomic mass is 32.1. The molecule has 132 valence electrons. The minimum atomic E-state index is -4.38. The Hall–Kier alpha value is -1.68. The molecule has 0 aliphatic heterocycles. The number of aliphatic imine (C=N–C) groups is 1. The van der Waals surface area contributed by atoms with Crippen molar-refractivity contribution in [3.8, 4) is 0 Å². The fourth-order valence-corrected chi connectivity index (χ4v) is 3.46. The van der Waals surface area contributed by atoms with Crippen molar-refractivity contribution >= 4 is 28.6 Å². The highest BCUT2D eigenvalue weighted by Crippen LogP contribution is 2.29. The van der Waals surface area contributed by atoms with E-state index >= 15 is 0 Å². The highest BCUT2D eigenvalue weighted by molar-refractivity contribution is 7.11. The molecule has 0 bridgehead atoms. The van der Waals surface area contributed by atoms with Gasteiger partial charge in [0.2, 0.25) is 0 Å². The Bertz CT molecular complexity index is 678. The van der Waals surface area contributed by atoms with Gasteiger partial charge in [-0.1, -0.05) is 0 Å². The van der Waals surface area contributed by atoms with Gasteiger partial charge in [-0.2, -0.15) is 13.2 Å². The van der Waals surface area contributed by atoms with E-state index in [-0.39, 0.29) is 0 Å². The standard InChI is InChI=1S/C14H18F3N5S2/c1-9-7-21-11(24-9)3-5-19-13(18-2)20-6-4-12-22-10(8-23-12)14(15,16)17/h7-8H,3-6H2,1-2H3,(H2,18,19,20). The summed E-state index contributed by atoms with van der Waals surface area (Å²) in [5.41, 5.74) is -0.830. The van der Waals surface area contributed by atoms with Crippen molar-refractivity contribution < 1.29 is 13.2 Å². The fraction of sp³-hybridized carbons (Fsp3) is 0.500. The minimum absolute atomic E-state index is 0.410. The molecule has 5 nitrogen and oxygen atoms in total. The van der Waals surface area contributed by atoms with Crippen LogP contribution < -0.4 is 10.6 Å². The van der Waals surface area contributed by atoms with E-state index in [9.17, 15) is 13.2 Å². The monoisotopic (exact) mass is 377 g/mol. The van der Waals surface area contributed by atoms with Crippen molar-refractivity contribution in [3.05, 3.63) is 32.2 Å². The van der Waals surface area contributed by atoms with Crippen LogP contribution in [0.2, 0.25) is 0 Å². The van der Waals surface area contributed by atoms with Crippen LogP contribution in [0.1, 0.15) is 20.6 Å². The van der Waals surface area contributed by atoms with E-state index in [0.717, 1.165) is 28.1 Å². The average molecular weight is 377 g/mol. The summed E-state index contributed by atoms with van der Waals surface area (Å²) >= 11 is 2.67. The van der Waals surface area contributed by atoms with Crippen LogP contribution in [-0.4, -0.2) is 36.1 Å². The summed E-state index contributed by atoms with van der Waals surface area (Å²) in [5, 5.41) is 8.76. The molecule has 10 heteroatoms. The topological polar surface area (TPSA) is 62.2 Å². The molecule has 0 spiro atoms. The van der Waals surface area contributed by atoms with Gasteiger partial charge < -0.3 is 10.6 Å². The molecule has 2 N–H and O–H groups in total. The largest absolute Gasteiger partial charge is 0.434 e. The van der Waals surface area contributed by atoms with Gasteiger partial charge in [0.15, 0.2) is 11.7 Å². The molecule has 0 atom stereocenters. The Morgan fingerprint density at radius 3 is 2.38 bits per heavy atom. The number of thiazole rings is 2. The molecule has 0 amide bonds. The van der Waals surface area contributed by atoms with E-state index < -0.39 is 11.9 Å². The zero-order chi connectivity index (χ0) is 17.6. The Balaban J connectivity index is 1.70. The average Bonchev–Trinajstić information content (AvgIpc) is 3.14.